The van der Waals surface area contributed by atoms with Crippen molar-refractivity contribution in [3.8, 4) is 0 Å². The second kappa shape index (κ2) is 5.51. The second-order valence-corrected chi connectivity index (χ2v) is 6.72. The van der Waals surface area contributed by atoms with Gasteiger partial charge in [-0.05, 0) is 31.7 Å². The number of hydrogen-bond acceptors (Lipinski definition) is 4. The lowest BCUT2D eigenvalue weighted by molar-refractivity contribution is 0.277. The number of benzene rings is 1. The van der Waals surface area contributed by atoms with Gasteiger partial charge >= 0.3 is 0 Å². The topological polar surface area (TPSA) is 63.4 Å². The van der Waals surface area contributed by atoms with Gasteiger partial charge in [-0.15, -0.1) is 0 Å². The van der Waals surface area contributed by atoms with Gasteiger partial charge in [0.1, 0.15) is 9.84 Å². The Morgan fingerprint density at radius 2 is 2.06 bits per heavy atom. The third kappa shape index (κ3) is 4.75. The zero-order valence-corrected chi connectivity index (χ0v) is 11.4. The molecule has 0 aromatic heterocycles. The highest BCUT2D eigenvalue weighted by atomic mass is 32.2. The summed E-state index contributed by atoms with van der Waals surface area (Å²) in [5, 5.41) is 0. The maximum atomic E-state index is 11.1. The van der Waals surface area contributed by atoms with Gasteiger partial charge in [0, 0.05) is 24.5 Å². The molecule has 5 heteroatoms. The minimum Gasteiger partial charge on any atom is -0.399 e. The third-order valence-electron chi connectivity index (χ3n) is 2.87. The van der Waals surface area contributed by atoms with Crippen molar-refractivity contribution in [3.05, 3.63) is 29.8 Å². The number of hydrogen-bond donors (Lipinski definition) is 1. The Balaban J connectivity index is 2.67. The molecule has 0 fully saturated rings. The molecule has 1 rings (SSSR count). The fourth-order valence-electron chi connectivity index (χ4n) is 1.58. The largest absolute Gasteiger partial charge is 0.399 e. The molecule has 1 unspecified atom stereocenters. The second-order valence-electron chi connectivity index (χ2n) is 4.46. The average molecular weight is 256 g/mol. The van der Waals surface area contributed by atoms with E-state index in [4.69, 9.17) is 5.73 Å². The first-order valence-corrected chi connectivity index (χ1v) is 7.59. The Labute approximate surface area is 103 Å². The van der Waals surface area contributed by atoms with Gasteiger partial charge in [0.2, 0.25) is 0 Å². The van der Waals surface area contributed by atoms with E-state index in [1.54, 1.807) is 0 Å². The summed E-state index contributed by atoms with van der Waals surface area (Å²) < 4.78 is 22.2. The number of anilines is 1. The summed E-state index contributed by atoms with van der Waals surface area (Å²) in [7, 11) is -0.994. The van der Waals surface area contributed by atoms with Crippen LogP contribution in [-0.4, -0.2) is 38.9 Å². The van der Waals surface area contributed by atoms with Crippen LogP contribution in [0.1, 0.15) is 18.5 Å². The van der Waals surface area contributed by atoms with Gasteiger partial charge in [0.05, 0.1) is 5.75 Å². The molecule has 0 radical (unpaired) electrons. The quantitative estimate of drug-likeness (QED) is 0.807. The summed E-state index contributed by atoms with van der Waals surface area (Å²) in [6, 6.07) is 7.82. The number of rotatable bonds is 5. The minimum atomic E-state index is -2.91. The molecule has 2 N–H and O–H groups in total. The lowest BCUT2D eigenvalue weighted by Crippen LogP contribution is -2.28. The fraction of sp³-hybridized carbons (Fsp3) is 0.500. The molecule has 0 aliphatic rings. The van der Waals surface area contributed by atoms with Crippen LogP contribution in [0, 0.1) is 0 Å². The van der Waals surface area contributed by atoms with E-state index < -0.39 is 9.84 Å². The lowest BCUT2D eigenvalue weighted by atomic mass is 10.1. The van der Waals surface area contributed by atoms with Crippen molar-refractivity contribution in [1.29, 1.82) is 0 Å². The van der Waals surface area contributed by atoms with Gasteiger partial charge in [0.25, 0.3) is 0 Å². The van der Waals surface area contributed by atoms with Gasteiger partial charge < -0.3 is 5.73 Å². The Hall–Kier alpha value is -1.07. The molecule has 0 saturated carbocycles. The van der Waals surface area contributed by atoms with Crippen molar-refractivity contribution in [3.63, 3.8) is 0 Å². The highest BCUT2D eigenvalue weighted by Gasteiger charge is 2.13. The van der Waals surface area contributed by atoms with E-state index in [9.17, 15) is 8.42 Å². The van der Waals surface area contributed by atoms with Crippen molar-refractivity contribution < 1.29 is 8.42 Å². The normalized spacial score (nSPS) is 13.9. The molecule has 0 saturated heterocycles. The first-order valence-electron chi connectivity index (χ1n) is 5.53. The summed E-state index contributed by atoms with van der Waals surface area (Å²) in [5.41, 5.74) is 7.55. The Kier molecular flexibility index (Phi) is 4.54. The molecule has 0 bridgehead atoms. The van der Waals surface area contributed by atoms with Crippen LogP contribution < -0.4 is 5.73 Å². The molecule has 1 aromatic rings. The van der Waals surface area contributed by atoms with E-state index in [1.165, 1.54) is 6.26 Å². The maximum absolute atomic E-state index is 11.1. The number of nitrogens with two attached hydrogens (primary N) is 1. The Bertz CT molecular complexity index is 471. The lowest BCUT2D eigenvalue weighted by Gasteiger charge is -2.24. The molecule has 0 aliphatic heterocycles. The summed E-state index contributed by atoms with van der Waals surface area (Å²) >= 11 is 0. The highest BCUT2D eigenvalue weighted by molar-refractivity contribution is 7.90. The van der Waals surface area contributed by atoms with Crippen LogP contribution in [0.2, 0.25) is 0 Å². The van der Waals surface area contributed by atoms with Crippen LogP contribution in [0.25, 0.3) is 0 Å². The number of nitrogen functional groups attached to an aromatic ring is 1. The highest BCUT2D eigenvalue weighted by Crippen LogP contribution is 2.20. The number of nitrogens with zero attached hydrogens (tertiary/aromatic N) is 1. The molecule has 0 heterocycles. The molecule has 0 spiro atoms. The number of sulfone groups is 1. The van der Waals surface area contributed by atoms with Crippen molar-refractivity contribution in [2.75, 3.05) is 31.3 Å². The minimum absolute atomic E-state index is 0.153. The molecule has 1 aromatic carbocycles. The zero-order valence-electron chi connectivity index (χ0n) is 10.6. The van der Waals surface area contributed by atoms with Crippen LogP contribution >= 0.6 is 0 Å². The van der Waals surface area contributed by atoms with Crippen LogP contribution in [0.15, 0.2) is 24.3 Å². The maximum Gasteiger partial charge on any atom is 0.148 e. The van der Waals surface area contributed by atoms with Crippen LogP contribution in [0.5, 0.6) is 0 Å². The molecule has 96 valence electrons. The zero-order chi connectivity index (χ0) is 13.1. The van der Waals surface area contributed by atoms with E-state index >= 15 is 0 Å². The summed E-state index contributed by atoms with van der Waals surface area (Å²) in [6.07, 6.45) is 1.26. The van der Waals surface area contributed by atoms with Gasteiger partial charge in [-0.25, -0.2) is 8.42 Å². The van der Waals surface area contributed by atoms with E-state index in [0.717, 1.165) is 11.3 Å². The van der Waals surface area contributed by atoms with E-state index in [1.807, 2.05) is 43.1 Å². The summed E-state index contributed by atoms with van der Waals surface area (Å²) in [4.78, 5) is 2.01. The molecule has 17 heavy (non-hydrogen) atoms. The summed E-state index contributed by atoms with van der Waals surface area (Å²) in [6.45, 7) is 2.56. The Morgan fingerprint density at radius 3 is 2.59 bits per heavy atom. The molecule has 0 aliphatic carbocycles. The van der Waals surface area contributed by atoms with Crippen LogP contribution in [-0.2, 0) is 9.84 Å². The first kappa shape index (κ1) is 14.0. The van der Waals surface area contributed by atoms with E-state index in [2.05, 4.69) is 0 Å². The predicted octanol–water partition coefficient (Wildman–Crippen LogP) is 1.31. The fourth-order valence-corrected chi connectivity index (χ4v) is 2.20. The van der Waals surface area contributed by atoms with E-state index in [-0.39, 0.29) is 11.8 Å². The SMILES string of the molecule is CC(c1cccc(N)c1)N(C)CCS(C)(=O)=O. The molecule has 1 atom stereocenters. The van der Waals surface area contributed by atoms with Crippen LogP contribution in [0.3, 0.4) is 0 Å². The standard InChI is InChI=1S/C12H20N2O2S/c1-10(11-5-4-6-12(13)9-11)14(2)7-8-17(3,15)16/h4-6,9-10H,7-8,13H2,1-3H3. The molecule has 4 nitrogen and oxygen atoms in total. The average Bonchev–Trinajstić information content (AvgIpc) is 2.24. The Morgan fingerprint density at radius 1 is 1.41 bits per heavy atom. The molecular formula is C12H20N2O2S. The van der Waals surface area contributed by atoms with Gasteiger partial charge in [0.15, 0.2) is 0 Å². The predicted molar refractivity (Wildman–Crippen MR) is 71.6 cm³/mol. The van der Waals surface area contributed by atoms with Gasteiger partial charge in [-0.2, -0.15) is 0 Å². The third-order valence-corrected chi connectivity index (χ3v) is 3.79. The van der Waals surface area contributed by atoms with Crippen molar-refractivity contribution in [2.45, 2.75) is 13.0 Å². The summed E-state index contributed by atoms with van der Waals surface area (Å²) in [5.74, 6) is 0.177. The van der Waals surface area contributed by atoms with E-state index in [0.29, 0.717) is 6.54 Å². The first-order chi connectivity index (χ1) is 7.79. The smallest absolute Gasteiger partial charge is 0.148 e. The van der Waals surface area contributed by atoms with Gasteiger partial charge in [-0.1, -0.05) is 12.1 Å². The molecule has 0 amide bonds. The van der Waals surface area contributed by atoms with Crippen molar-refractivity contribution >= 4 is 15.5 Å². The monoisotopic (exact) mass is 256 g/mol. The molecular weight excluding hydrogens is 236 g/mol. The van der Waals surface area contributed by atoms with Crippen LogP contribution in [0.4, 0.5) is 5.69 Å². The van der Waals surface area contributed by atoms with Crippen molar-refractivity contribution in [2.24, 2.45) is 0 Å². The van der Waals surface area contributed by atoms with Crippen molar-refractivity contribution in [1.82, 2.24) is 4.90 Å². The van der Waals surface area contributed by atoms with Gasteiger partial charge in [-0.3, -0.25) is 4.90 Å².